The summed E-state index contributed by atoms with van der Waals surface area (Å²) in [5.74, 6) is -2.34. The predicted octanol–water partition coefficient (Wildman–Crippen LogP) is 0.897. The number of hydrogen-bond donors (Lipinski definition) is 0. The van der Waals surface area contributed by atoms with Crippen LogP contribution in [0.25, 0.3) is 12.2 Å². The van der Waals surface area contributed by atoms with E-state index in [1.807, 2.05) is 60.7 Å². The predicted molar refractivity (Wildman–Crippen MR) is 81.0 cm³/mol. The van der Waals surface area contributed by atoms with Gasteiger partial charge in [-0.3, -0.25) is 0 Å². The van der Waals surface area contributed by atoms with Crippen molar-refractivity contribution in [2.24, 2.45) is 0 Å². The van der Waals surface area contributed by atoms with Crippen LogP contribution in [0.2, 0.25) is 0 Å². The van der Waals surface area contributed by atoms with E-state index in [4.69, 9.17) is 0 Å². The molecule has 0 saturated heterocycles. The fraction of sp³-hybridized carbons (Fsp3) is 0. The normalized spacial score (nSPS) is 9.74. The number of carbonyl (C=O) groups is 2. The molecule has 4 nitrogen and oxygen atoms in total. The first-order chi connectivity index (χ1) is 10.6. The fourth-order valence-electron chi connectivity index (χ4n) is 1.46. The van der Waals surface area contributed by atoms with Gasteiger partial charge in [0.05, 0.1) is 11.9 Å². The number of rotatable bonds is 4. The van der Waals surface area contributed by atoms with Crippen molar-refractivity contribution in [3.63, 3.8) is 0 Å². The van der Waals surface area contributed by atoms with Gasteiger partial charge in [0.15, 0.2) is 0 Å². The van der Waals surface area contributed by atoms with E-state index >= 15 is 0 Å². The molecule has 0 aromatic heterocycles. The van der Waals surface area contributed by atoms with Gasteiger partial charge in [0.1, 0.15) is 0 Å². The van der Waals surface area contributed by atoms with Gasteiger partial charge in [0.2, 0.25) is 0 Å². The second-order valence-corrected chi connectivity index (χ2v) is 4.13. The van der Waals surface area contributed by atoms with E-state index in [0.29, 0.717) is 0 Å². The van der Waals surface area contributed by atoms with Crippen LogP contribution in [0.15, 0.2) is 72.8 Å². The van der Waals surface area contributed by atoms with Gasteiger partial charge in [-0.1, -0.05) is 72.8 Å². The zero-order chi connectivity index (χ0) is 16.2. The maximum atomic E-state index is 9.97. The monoisotopic (exact) mass is 408 g/mol. The number of carboxylic acid groups (broad SMARTS) is 2. The fourth-order valence-corrected chi connectivity index (χ4v) is 1.46. The summed E-state index contributed by atoms with van der Waals surface area (Å²) in [4.78, 5) is 19.9. The van der Waals surface area contributed by atoms with Crippen LogP contribution >= 0.6 is 0 Å². The molecule has 0 amide bonds. The topological polar surface area (TPSA) is 80.3 Å². The molecule has 0 heterocycles. The molecule has 0 radical (unpaired) electrons. The van der Waals surface area contributed by atoms with Gasteiger partial charge >= 0.3 is 27.3 Å². The Morgan fingerprint density at radius 1 is 0.652 bits per heavy atom. The zero-order valence-corrected chi connectivity index (χ0v) is 16.5. The van der Waals surface area contributed by atoms with E-state index < -0.39 is 11.9 Å². The summed E-state index contributed by atoms with van der Waals surface area (Å²) in [5, 5.41) is 19.9. The van der Waals surface area contributed by atoms with Crippen LogP contribution in [0.3, 0.4) is 0 Å². The minimum Gasteiger partial charge on any atom is -0.545 e. The van der Waals surface area contributed by atoms with Crippen molar-refractivity contribution in [2.45, 2.75) is 0 Å². The molecular weight excluding hydrogens is 393 g/mol. The molecule has 0 saturated carbocycles. The second kappa shape index (κ2) is 12.3. The summed E-state index contributed by atoms with van der Waals surface area (Å²) >= 11 is 0. The third kappa shape index (κ3) is 11.1. The summed E-state index contributed by atoms with van der Waals surface area (Å²) < 4.78 is 0. The molecule has 0 aliphatic rings. The Labute approximate surface area is 154 Å². The summed E-state index contributed by atoms with van der Waals surface area (Å²) in [5.41, 5.74) is 1.72. The summed E-state index contributed by atoms with van der Waals surface area (Å²) in [6, 6.07) is 18.4. The smallest absolute Gasteiger partial charge is 0.545 e. The molecule has 0 atom stereocenters. The molecule has 5 heteroatoms. The van der Waals surface area contributed by atoms with Gasteiger partial charge in [-0.05, 0) is 23.3 Å². The quantitative estimate of drug-likeness (QED) is 0.558. The molecule has 0 N–H and O–H groups in total. The Kier molecular flexibility index (Phi) is 11.1. The van der Waals surface area contributed by atoms with Crippen molar-refractivity contribution in [3.8, 4) is 0 Å². The third-order valence-corrected chi connectivity index (χ3v) is 2.42. The molecule has 0 unspecified atom stereocenters. The number of benzene rings is 2. The van der Waals surface area contributed by atoms with Gasteiger partial charge in [-0.2, -0.15) is 0 Å². The molecule has 2 aromatic carbocycles. The first-order valence-corrected chi connectivity index (χ1v) is 6.46. The Balaban J connectivity index is 0.000000403. The van der Waals surface area contributed by atoms with Crippen molar-refractivity contribution >= 4 is 24.1 Å². The minimum absolute atomic E-state index is 0. The first-order valence-electron chi connectivity index (χ1n) is 6.46. The molecule has 0 fully saturated rings. The number of hydrogen-bond acceptors (Lipinski definition) is 4. The Morgan fingerprint density at radius 3 is 1.22 bits per heavy atom. The van der Waals surface area contributed by atoms with E-state index in [1.165, 1.54) is 12.2 Å². The molecule has 0 aliphatic heterocycles. The van der Waals surface area contributed by atoms with E-state index in [0.717, 1.165) is 23.3 Å². The molecule has 2 rings (SSSR count). The van der Waals surface area contributed by atoms with Crippen LogP contribution < -0.4 is 10.2 Å². The van der Waals surface area contributed by atoms with Crippen LogP contribution in [0, 0.1) is 0 Å². The van der Waals surface area contributed by atoms with Crippen LogP contribution in [-0.2, 0) is 36.9 Å². The first kappa shape index (κ1) is 20.8. The number of carbonyl (C=O) groups excluding carboxylic acids is 2. The molecular formula is C18H14CdO4. The SMILES string of the molecule is O=C([O-])/C=C\c1ccccc1.O=C([O-])/C=C\c1ccccc1.[Cd+2]. The summed E-state index contributed by atoms with van der Waals surface area (Å²) in [6.45, 7) is 0. The summed E-state index contributed by atoms with van der Waals surface area (Å²) in [7, 11) is 0. The Bertz CT molecular complexity index is 590. The molecule has 0 bridgehead atoms. The Morgan fingerprint density at radius 2 is 0.957 bits per heavy atom. The van der Waals surface area contributed by atoms with E-state index in [-0.39, 0.29) is 27.3 Å². The van der Waals surface area contributed by atoms with E-state index in [1.54, 1.807) is 0 Å². The Hall–Kier alpha value is -2.22. The largest absolute Gasteiger partial charge is 2.00 e. The standard InChI is InChI=1S/2C9H8O2.Cd/c2*10-9(11)7-6-8-4-2-1-3-5-8;/h2*1-7H,(H,10,11);/q;;+2/p-2/b2*7-6-;. The maximum absolute atomic E-state index is 9.97. The average molecular weight is 407 g/mol. The molecule has 0 spiro atoms. The van der Waals surface area contributed by atoms with Crippen molar-refractivity contribution in [3.05, 3.63) is 83.9 Å². The molecule has 0 aliphatic carbocycles. The van der Waals surface area contributed by atoms with Crippen molar-refractivity contribution < 1.29 is 47.1 Å². The number of aliphatic carboxylic acids is 2. The van der Waals surface area contributed by atoms with Gasteiger partial charge in [0, 0.05) is 0 Å². The summed E-state index contributed by atoms with van der Waals surface area (Å²) in [6.07, 6.45) is 5.01. The van der Waals surface area contributed by atoms with Crippen LogP contribution in [0.1, 0.15) is 11.1 Å². The van der Waals surface area contributed by atoms with Crippen LogP contribution in [-0.4, -0.2) is 11.9 Å². The number of carboxylic acids is 2. The van der Waals surface area contributed by atoms with E-state index in [2.05, 4.69) is 0 Å². The van der Waals surface area contributed by atoms with Crippen molar-refractivity contribution in [1.82, 2.24) is 0 Å². The molecule has 2 aromatic rings. The van der Waals surface area contributed by atoms with E-state index in [9.17, 15) is 19.8 Å². The second-order valence-electron chi connectivity index (χ2n) is 4.13. The minimum atomic E-state index is -1.17. The van der Waals surface area contributed by atoms with Gasteiger partial charge in [-0.25, -0.2) is 0 Å². The van der Waals surface area contributed by atoms with Crippen molar-refractivity contribution in [2.75, 3.05) is 0 Å². The van der Waals surface area contributed by atoms with Gasteiger partial charge < -0.3 is 19.8 Å². The zero-order valence-electron chi connectivity index (χ0n) is 12.4. The maximum Gasteiger partial charge on any atom is 2.00 e. The van der Waals surface area contributed by atoms with Crippen molar-refractivity contribution in [1.29, 1.82) is 0 Å². The van der Waals surface area contributed by atoms with Crippen LogP contribution in [0.4, 0.5) is 0 Å². The average Bonchev–Trinajstić information content (AvgIpc) is 2.53. The third-order valence-electron chi connectivity index (χ3n) is 2.42. The van der Waals surface area contributed by atoms with Gasteiger partial charge in [-0.15, -0.1) is 0 Å². The molecule has 112 valence electrons. The van der Waals surface area contributed by atoms with Crippen LogP contribution in [0.5, 0.6) is 0 Å². The van der Waals surface area contributed by atoms with Gasteiger partial charge in [0.25, 0.3) is 0 Å². The molecule has 23 heavy (non-hydrogen) atoms.